The molecule has 1 aliphatic carbocycles. The van der Waals surface area contributed by atoms with E-state index in [0.717, 1.165) is 63.4 Å². The molecule has 1 N–H and O–H groups in total. The minimum atomic E-state index is 0.817. The van der Waals surface area contributed by atoms with Crippen molar-refractivity contribution in [1.82, 2.24) is 19.9 Å². The number of nitrogens with one attached hydrogen (secondary N) is 1. The Balaban J connectivity index is 1.49. The molecule has 0 bridgehead atoms. The van der Waals surface area contributed by atoms with E-state index in [9.17, 15) is 0 Å². The summed E-state index contributed by atoms with van der Waals surface area (Å²) in [4.78, 5) is 18.6. The highest BCUT2D eigenvalue weighted by molar-refractivity contribution is 7.98. The number of hydrogen-bond acceptors (Lipinski definition) is 7. The Kier molecular flexibility index (Phi) is 6.61. The number of fused-ring (bicyclic) bond motifs is 5. The predicted molar refractivity (Wildman–Crippen MR) is 153 cm³/mol. The molecule has 0 saturated carbocycles. The number of pyridine rings is 1. The molecule has 0 amide bonds. The van der Waals surface area contributed by atoms with Crippen LogP contribution in [0.5, 0.6) is 0 Å². The maximum absolute atomic E-state index is 5.24. The van der Waals surface area contributed by atoms with Gasteiger partial charge in [-0.25, -0.2) is 15.0 Å². The zero-order valence-electron chi connectivity index (χ0n) is 20.6. The summed E-state index contributed by atoms with van der Waals surface area (Å²) >= 11 is 3.42. The molecule has 3 heterocycles. The quantitative estimate of drug-likeness (QED) is 0.186. The lowest BCUT2D eigenvalue weighted by Gasteiger charge is -2.12. The van der Waals surface area contributed by atoms with Crippen molar-refractivity contribution in [3.8, 4) is 11.3 Å². The molecule has 0 spiro atoms. The summed E-state index contributed by atoms with van der Waals surface area (Å²) in [6, 6.07) is 21.1. The van der Waals surface area contributed by atoms with Gasteiger partial charge < -0.3 is 10.2 Å². The van der Waals surface area contributed by atoms with Crippen LogP contribution in [0.3, 0.4) is 0 Å². The van der Waals surface area contributed by atoms with E-state index in [-0.39, 0.29) is 0 Å². The van der Waals surface area contributed by atoms with Crippen LogP contribution in [-0.2, 0) is 18.6 Å². The van der Waals surface area contributed by atoms with Gasteiger partial charge in [-0.05, 0) is 50.0 Å². The molecule has 0 unspecified atom stereocenters. The molecule has 2 aromatic carbocycles. The third kappa shape index (κ3) is 4.59. The molecular weight excluding hydrogens is 482 g/mol. The zero-order chi connectivity index (χ0) is 24.5. The number of thiophene rings is 1. The second kappa shape index (κ2) is 10.2. The zero-order valence-corrected chi connectivity index (χ0v) is 22.3. The van der Waals surface area contributed by atoms with Crippen LogP contribution < -0.4 is 5.32 Å². The monoisotopic (exact) mass is 511 g/mol. The molecule has 5 nitrogen and oxygen atoms in total. The molecule has 0 saturated heterocycles. The SMILES string of the molecule is CN(C)CCNc1nc(SCc2ccccc2)nc2c1sc1nc(-c3ccccc3)c3c(c12)CCC3. The Labute approximate surface area is 220 Å². The van der Waals surface area contributed by atoms with Crippen LogP contribution in [0.2, 0.25) is 0 Å². The molecule has 1 aliphatic rings. The van der Waals surface area contributed by atoms with Crippen LogP contribution in [0.4, 0.5) is 5.82 Å². The van der Waals surface area contributed by atoms with E-state index in [1.165, 1.54) is 34.1 Å². The molecule has 182 valence electrons. The first kappa shape index (κ1) is 23.4. The van der Waals surface area contributed by atoms with Crippen LogP contribution in [0.15, 0.2) is 65.8 Å². The number of anilines is 1. The van der Waals surface area contributed by atoms with Gasteiger partial charge in [-0.2, -0.15) is 0 Å². The van der Waals surface area contributed by atoms with E-state index in [4.69, 9.17) is 15.0 Å². The first-order valence-corrected chi connectivity index (χ1v) is 14.2. The van der Waals surface area contributed by atoms with Gasteiger partial charge in [0.2, 0.25) is 0 Å². The average Bonchev–Trinajstić information content (AvgIpc) is 3.53. The van der Waals surface area contributed by atoms with Crippen molar-refractivity contribution in [2.24, 2.45) is 0 Å². The van der Waals surface area contributed by atoms with Crippen molar-refractivity contribution < 1.29 is 0 Å². The molecule has 36 heavy (non-hydrogen) atoms. The number of aryl methyl sites for hydroxylation is 1. The molecule has 3 aromatic heterocycles. The standard InChI is InChI=1S/C29H29N5S2/c1-34(2)17-16-30-27-26-25(32-29(33-27)35-18-19-10-5-3-6-11-19)23-21-14-9-15-22(21)24(31-28(23)36-26)20-12-7-4-8-13-20/h3-8,10-13H,9,14-18H2,1-2H3,(H,30,32,33). The summed E-state index contributed by atoms with van der Waals surface area (Å²) in [5, 5.41) is 5.66. The molecule has 7 heteroatoms. The molecule has 0 atom stereocenters. The summed E-state index contributed by atoms with van der Waals surface area (Å²) in [6.07, 6.45) is 3.33. The number of likely N-dealkylation sites (N-methyl/N-ethyl adjacent to an activating group) is 1. The maximum Gasteiger partial charge on any atom is 0.190 e. The van der Waals surface area contributed by atoms with Gasteiger partial charge in [-0.1, -0.05) is 72.4 Å². The van der Waals surface area contributed by atoms with Crippen LogP contribution in [0.1, 0.15) is 23.1 Å². The summed E-state index contributed by atoms with van der Waals surface area (Å²) < 4.78 is 1.11. The lowest BCUT2D eigenvalue weighted by Crippen LogP contribution is -2.21. The summed E-state index contributed by atoms with van der Waals surface area (Å²) in [7, 11) is 4.19. The lowest BCUT2D eigenvalue weighted by atomic mass is 10.0. The highest BCUT2D eigenvalue weighted by Crippen LogP contribution is 2.44. The van der Waals surface area contributed by atoms with Gasteiger partial charge in [-0.15, -0.1) is 11.3 Å². The third-order valence-electron chi connectivity index (χ3n) is 6.62. The minimum Gasteiger partial charge on any atom is -0.367 e. The van der Waals surface area contributed by atoms with Crippen LogP contribution in [0, 0.1) is 0 Å². The number of thioether (sulfide) groups is 1. The number of rotatable bonds is 8. The van der Waals surface area contributed by atoms with E-state index in [1.807, 2.05) is 0 Å². The van der Waals surface area contributed by atoms with E-state index < -0.39 is 0 Å². The molecular formula is C29H29N5S2. The minimum absolute atomic E-state index is 0.817. The van der Waals surface area contributed by atoms with Crippen LogP contribution in [-0.4, -0.2) is 47.0 Å². The molecule has 5 aromatic rings. The Morgan fingerprint density at radius 1 is 0.917 bits per heavy atom. The van der Waals surface area contributed by atoms with E-state index in [0.29, 0.717) is 0 Å². The molecule has 0 aliphatic heterocycles. The van der Waals surface area contributed by atoms with Gasteiger partial charge in [0.1, 0.15) is 10.6 Å². The normalized spacial score (nSPS) is 13.1. The van der Waals surface area contributed by atoms with Gasteiger partial charge in [-0.3, -0.25) is 0 Å². The number of hydrogen-bond donors (Lipinski definition) is 1. The topological polar surface area (TPSA) is 53.9 Å². The van der Waals surface area contributed by atoms with E-state index in [2.05, 4.69) is 85.0 Å². The Bertz CT molecular complexity index is 1510. The van der Waals surface area contributed by atoms with Crippen molar-refractivity contribution in [2.75, 3.05) is 32.5 Å². The predicted octanol–water partition coefficient (Wildman–Crippen LogP) is 6.66. The number of aromatic nitrogens is 3. The van der Waals surface area contributed by atoms with E-state index >= 15 is 0 Å². The summed E-state index contributed by atoms with van der Waals surface area (Å²) in [5.74, 6) is 1.77. The van der Waals surface area contributed by atoms with Crippen molar-refractivity contribution in [3.05, 3.63) is 77.4 Å². The van der Waals surface area contributed by atoms with Crippen molar-refractivity contribution >= 4 is 49.3 Å². The largest absolute Gasteiger partial charge is 0.367 e. The number of nitrogens with zero attached hydrogens (tertiary/aromatic N) is 4. The number of benzene rings is 2. The van der Waals surface area contributed by atoms with Gasteiger partial charge in [0.25, 0.3) is 0 Å². The van der Waals surface area contributed by atoms with Crippen molar-refractivity contribution in [1.29, 1.82) is 0 Å². The summed E-state index contributed by atoms with van der Waals surface area (Å²) in [5.41, 5.74) is 7.49. The highest BCUT2D eigenvalue weighted by Gasteiger charge is 2.25. The van der Waals surface area contributed by atoms with Crippen LogP contribution in [0.25, 0.3) is 31.7 Å². The average molecular weight is 512 g/mol. The lowest BCUT2D eigenvalue weighted by molar-refractivity contribution is 0.425. The fourth-order valence-corrected chi connectivity index (χ4v) is 6.80. The molecule has 0 fully saturated rings. The van der Waals surface area contributed by atoms with Crippen LogP contribution >= 0.6 is 23.1 Å². The van der Waals surface area contributed by atoms with Gasteiger partial charge in [0.05, 0.1) is 15.9 Å². The fourth-order valence-electron chi connectivity index (χ4n) is 4.88. The van der Waals surface area contributed by atoms with Crippen molar-refractivity contribution in [3.63, 3.8) is 0 Å². The Morgan fingerprint density at radius 2 is 1.67 bits per heavy atom. The van der Waals surface area contributed by atoms with Crippen molar-refractivity contribution in [2.45, 2.75) is 30.2 Å². The van der Waals surface area contributed by atoms with Gasteiger partial charge >= 0.3 is 0 Å². The van der Waals surface area contributed by atoms with Gasteiger partial charge in [0, 0.05) is 29.8 Å². The Morgan fingerprint density at radius 3 is 2.44 bits per heavy atom. The first-order valence-electron chi connectivity index (χ1n) is 12.4. The molecule has 6 rings (SSSR count). The second-order valence-electron chi connectivity index (χ2n) is 9.46. The highest BCUT2D eigenvalue weighted by atomic mass is 32.2. The van der Waals surface area contributed by atoms with E-state index in [1.54, 1.807) is 23.1 Å². The third-order valence-corrected chi connectivity index (χ3v) is 8.62. The maximum atomic E-state index is 5.24. The fraction of sp³-hybridized carbons (Fsp3) is 0.276. The second-order valence-corrected chi connectivity index (χ2v) is 11.4. The Hall–Kier alpha value is -3.00. The smallest absolute Gasteiger partial charge is 0.190 e. The molecule has 0 radical (unpaired) electrons. The summed E-state index contributed by atoms with van der Waals surface area (Å²) in [6.45, 7) is 1.77. The first-order chi connectivity index (χ1) is 17.7. The van der Waals surface area contributed by atoms with Gasteiger partial charge in [0.15, 0.2) is 5.16 Å².